The summed E-state index contributed by atoms with van der Waals surface area (Å²) in [6.07, 6.45) is 3.48. The molecule has 23 heavy (non-hydrogen) atoms. The summed E-state index contributed by atoms with van der Waals surface area (Å²) in [5, 5.41) is 11.8. The number of carbonyl (C=O) groups excluding carboxylic acids is 1. The van der Waals surface area contributed by atoms with Gasteiger partial charge in [-0.3, -0.25) is 0 Å². The first-order valence-electron chi connectivity index (χ1n) is 8.01. The molecule has 124 valence electrons. The van der Waals surface area contributed by atoms with Crippen LogP contribution in [0.3, 0.4) is 0 Å². The van der Waals surface area contributed by atoms with Gasteiger partial charge in [-0.25, -0.2) is 9.59 Å². The second-order valence-electron chi connectivity index (χ2n) is 6.49. The summed E-state index contributed by atoms with van der Waals surface area (Å²) < 4.78 is 5.65. The van der Waals surface area contributed by atoms with E-state index in [4.69, 9.17) is 9.84 Å². The second-order valence-corrected chi connectivity index (χ2v) is 6.49. The van der Waals surface area contributed by atoms with Crippen LogP contribution >= 0.6 is 0 Å². The third-order valence-corrected chi connectivity index (χ3v) is 4.79. The standard InChI is InChI=1S/C17H22N2O4/c20-15(21)14-4-2-13(3-5-14)10-18-16(22)19-8-9-23-12-17(11-19)6-1-7-17/h2-5H,1,6-12H2,(H,18,22)(H,20,21). The monoisotopic (exact) mass is 318 g/mol. The van der Waals surface area contributed by atoms with Crippen LogP contribution < -0.4 is 5.32 Å². The van der Waals surface area contributed by atoms with Gasteiger partial charge in [-0.05, 0) is 30.5 Å². The molecule has 3 rings (SSSR count). The van der Waals surface area contributed by atoms with Crippen molar-refractivity contribution in [2.75, 3.05) is 26.3 Å². The topological polar surface area (TPSA) is 78.9 Å². The molecular formula is C17H22N2O4. The summed E-state index contributed by atoms with van der Waals surface area (Å²) in [5.74, 6) is -0.948. The van der Waals surface area contributed by atoms with Gasteiger partial charge in [0.05, 0.1) is 18.8 Å². The van der Waals surface area contributed by atoms with Crippen LogP contribution in [0.4, 0.5) is 4.79 Å². The average Bonchev–Trinajstić information content (AvgIpc) is 2.76. The van der Waals surface area contributed by atoms with E-state index >= 15 is 0 Å². The van der Waals surface area contributed by atoms with E-state index in [-0.39, 0.29) is 17.0 Å². The Kier molecular flexibility index (Phi) is 4.52. The summed E-state index contributed by atoms with van der Waals surface area (Å²) >= 11 is 0. The Morgan fingerprint density at radius 2 is 2.00 bits per heavy atom. The second kappa shape index (κ2) is 6.58. The van der Waals surface area contributed by atoms with Gasteiger partial charge in [0.2, 0.25) is 0 Å². The molecule has 2 aliphatic rings. The smallest absolute Gasteiger partial charge is 0.335 e. The van der Waals surface area contributed by atoms with Crippen LogP contribution in [-0.2, 0) is 11.3 Å². The van der Waals surface area contributed by atoms with Crippen molar-refractivity contribution < 1.29 is 19.4 Å². The highest BCUT2D eigenvalue weighted by atomic mass is 16.5. The first-order chi connectivity index (χ1) is 11.1. The van der Waals surface area contributed by atoms with E-state index in [1.807, 2.05) is 4.90 Å². The number of nitrogens with zero attached hydrogens (tertiary/aromatic N) is 1. The van der Waals surface area contributed by atoms with Crippen molar-refractivity contribution in [2.45, 2.75) is 25.8 Å². The van der Waals surface area contributed by atoms with E-state index in [0.717, 1.165) is 31.6 Å². The average molecular weight is 318 g/mol. The van der Waals surface area contributed by atoms with Crippen molar-refractivity contribution in [3.8, 4) is 0 Å². The van der Waals surface area contributed by atoms with Gasteiger partial charge in [-0.15, -0.1) is 0 Å². The minimum absolute atomic E-state index is 0.0795. The number of amides is 2. The van der Waals surface area contributed by atoms with E-state index in [9.17, 15) is 9.59 Å². The number of urea groups is 1. The molecule has 2 amide bonds. The molecule has 1 aromatic carbocycles. The molecular weight excluding hydrogens is 296 g/mol. The summed E-state index contributed by atoms with van der Waals surface area (Å²) in [7, 11) is 0. The molecule has 0 aromatic heterocycles. The molecule has 1 spiro atoms. The largest absolute Gasteiger partial charge is 0.478 e. The number of hydrogen-bond donors (Lipinski definition) is 2. The number of carbonyl (C=O) groups is 2. The number of benzene rings is 1. The van der Waals surface area contributed by atoms with E-state index in [2.05, 4.69) is 5.32 Å². The molecule has 0 radical (unpaired) electrons. The van der Waals surface area contributed by atoms with Crippen molar-refractivity contribution in [1.29, 1.82) is 0 Å². The Balaban J connectivity index is 1.54. The van der Waals surface area contributed by atoms with Crippen molar-refractivity contribution in [3.63, 3.8) is 0 Å². The Bertz CT molecular complexity index is 581. The summed E-state index contributed by atoms with van der Waals surface area (Å²) in [5.41, 5.74) is 1.29. The van der Waals surface area contributed by atoms with Crippen LogP contribution in [0.2, 0.25) is 0 Å². The summed E-state index contributed by atoms with van der Waals surface area (Å²) in [6, 6.07) is 6.47. The normalized spacial score (nSPS) is 19.7. The lowest BCUT2D eigenvalue weighted by Gasteiger charge is -2.42. The van der Waals surface area contributed by atoms with Crippen LogP contribution in [-0.4, -0.2) is 48.3 Å². The summed E-state index contributed by atoms with van der Waals surface area (Å²) in [6.45, 7) is 3.11. The predicted molar refractivity (Wildman–Crippen MR) is 84.3 cm³/mol. The zero-order valence-electron chi connectivity index (χ0n) is 13.1. The van der Waals surface area contributed by atoms with Crippen molar-refractivity contribution in [2.24, 2.45) is 5.41 Å². The SMILES string of the molecule is O=C(O)c1ccc(CNC(=O)N2CCOCC3(CCC3)C2)cc1. The Morgan fingerprint density at radius 1 is 1.26 bits per heavy atom. The molecule has 1 aliphatic heterocycles. The first-order valence-corrected chi connectivity index (χ1v) is 8.01. The lowest BCUT2D eigenvalue weighted by Crippen LogP contribution is -2.48. The van der Waals surface area contributed by atoms with Crippen LogP contribution in [0.1, 0.15) is 35.2 Å². The van der Waals surface area contributed by atoms with E-state index in [1.54, 1.807) is 24.3 Å². The molecule has 2 N–H and O–H groups in total. The van der Waals surface area contributed by atoms with Crippen LogP contribution in [0.15, 0.2) is 24.3 Å². The van der Waals surface area contributed by atoms with Crippen LogP contribution in [0.5, 0.6) is 0 Å². The predicted octanol–water partition coefficient (Wildman–Crippen LogP) is 2.10. The molecule has 0 unspecified atom stereocenters. The van der Waals surface area contributed by atoms with Gasteiger partial charge in [0.25, 0.3) is 0 Å². The number of rotatable bonds is 3. The summed E-state index contributed by atoms with van der Waals surface area (Å²) in [4.78, 5) is 25.1. The molecule has 6 nitrogen and oxygen atoms in total. The zero-order valence-corrected chi connectivity index (χ0v) is 13.1. The molecule has 1 aliphatic carbocycles. The molecule has 1 saturated carbocycles. The molecule has 1 saturated heterocycles. The van der Waals surface area contributed by atoms with Crippen molar-refractivity contribution >= 4 is 12.0 Å². The third kappa shape index (κ3) is 3.64. The lowest BCUT2D eigenvalue weighted by molar-refractivity contribution is 0.0126. The number of ether oxygens (including phenoxy) is 1. The van der Waals surface area contributed by atoms with Gasteiger partial charge >= 0.3 is 12.0 Å². The fourth-order valence-electron chi connectivity index (χ4n) is 3.20. The zero-order chi connectivity index (χ0) is 16.3. The van der Waals surface area contributed by atoms with Gasteiger partial charge in [-0.1, -0.05) is 18.6 Å². The van der Waals surface area contributed by atoms with Crippen LogP contribution in [0.25, 0.3) is 0 Å². The van der Waals surface area contributed by atoms with Gasteiger partial charge in [-0.2, -0.15) is 0 Å². The van der Waals surface area contributed by atoms with E-state index < -0.39 is 5.97 Å². The molecule has 0 atom stereocenters. The maximum Gasteiger partial charge on any atom is 0.335 e. The Hall–Kier alpha value is -2.08. The van der Waals surface area contributed by atoms with Gasteiger partial charge in [0, 0.05) is 25.0 Å². The minimum atomic E-state index is -0.948. The maximum atomic E-state index is 12.4. The maximum absolute atomic E-state index is 12.4. The van der Waals surface area contributed by atoms with Gasteiger partial charge in [0.15, 0.2) is 0 Å². The van der Waals surface area contributed by atoms with Gasteiger partial charge < -0.3 is 20.1 Å². The number of carboxylic acid groups (broad SMARTS) is 1. The van der Waals surface area contributed by atoms with Crippen molar-refractivity contribution in [1.82, 2.24) is 10.2 Å². The fourth-order valence-corrected chi connectivity index (χ4v) is 3.20. The van der Waals surface area contributed by atoms with Crippen molar-refractivity contribution in [3.05, 3.63) is 35.4 Å². The molecule has 1 aromatic rings. The first kappa shape index (κ1) is 15.8. The number of aromatic carboxylic acids is 1. The highest BCUT2D eigenvalue weighted by Crippen LogP contribution is 2.42. The molecule has 1 heterocycles. The van der Waals surface area contributed by atoms with Gasteiger partial charge in [0.1, 0.15) is 0 Å². The van der Waals surface area contributed by atoms with E-state index in [0.29, 0.717) is 19.7 Å². The molecule has 6 heteroatoms. The highest BCUT2D eigenvalue weighted by Gasteiger charge is 2.41. The third-order valence-electron chi connectivity index (χ3n) is 4.79. The number of hydrogen-bond acceptors (Lipinski definition) is 3. The lowest BCUT2D eigenvalue weighted by atomic mass is 9.69. The molecule has 2 fully saturated rings. The highest BCUT2D eigenvalue weighted by molar-refractivity contribution is 5.87. The number of carboxylic acids is 1. The van der Waals surface area contributed by atoms with Crippen LogP contribution in [0, 0.1) is 5.41 Å². The Morgan fingerprint density at radius 3 is 2.61 bits per heavy atom. The number of nitrogens with one attached hydrogen (secondary N) is 1. The fraction of sp³-hybridized carbons (Fsp3) is 0.529. The van der Waals surface area contributed by atoms with E-state index in [1.165, 1.54) is 6.42 Å². The molecule has 0 bridgehead atoms. The quantitative estimate of drug-likeness (QED) is 0.894. The minimum Gasteiger partial charge on any atom is -0.478 e. The Labute approximate surface area is 135 Å².